The first-order chi connectivity index (χ1) is 9.60. The van der Waals surface area contributed by atoms with Crippen LogP contribution >= 0.6 is 11.3 Å². The Labute approximate surface area is 117 Å². The first kappa shape index (κ1) is 14.2. The molecule has 0 aliphatic carbocycles. The number of benzene rings is 1. The number of amidine groups is 1. The van der Waals surface area contributed by atoms with Gasteiger partial charge in [-0.05, 0) is 6.07 Å². The van der Waals surface area contributed by atoms with Crippen LogP contribution in [-0.2, 0) is 13.1 Å². The number of oxime groups is 1. The van der Waals surface area contributed by atoms with E-state index in [-0.39, 0.29) is 10.7 Å². The summed E-state index contributed by atoms with van der Waals surface area (Å²) in [6.07, 6.45) is 0. The summed E-state index contributed by atoms with van der Waals surface area (Å²) < 4.78 is 13.8. The van der Waals surface area contributed by atoms with E-state index in [9.17, 15) is 9.18 Å². The van der Waals surface area contributed by atoms with Crippen LogP contribution in [-0.4, -0.2) is 16.0 Å². The van der Waals surface area contributed by atoms with Gasteiger partial charge in [-0.15, -0.1) is 0 Å². The predicted molar refractivity (Wildman–Crippen MR) is 74.4 cm³/mol. The predicted octanol–water partition coefficient (Wildman–Crippen LogP) is 0.960. The first-order valence-corrected chi connectivity index (χ1v) is 6.62. The number of aromatic amines is 1. The summed E-state index contributed by atoms with van der Waals surface area (Å²) in [4.78, 5) is 13.5. The van der Waals surface area contributed by atoms with Crippen molar-refractivity contribution in [2.24, 2.45) is 10.9 Å². The fraction of sp³-hybridized carbons (Fsp3) is 0.167. The van der Waals surface area contributed by atoms with Crippen molar-refractivity contribution in [1.82, 2.24) is 10.3 Å². The Balaban J connectivity index is 1.98. The number of thiazole rings is 1. The minimum absolute atomic E-state index is 0.115. The van der Waals surface area contributed by atoms with Crippen LogP contribution in [0.2, 0.25) is 0 Å². The van der Waals surface area contributed by atoms with Gasteiger partial charge in [0.25, 0.3) is 0 Å². The van der Waals surface area contributed by atoms with Crippen molar-refractivity contribution in [2.75, 3.05) is 0 Å². The van der Waals surface area contributed by atoms with Gasteiger partial charge in [0.1, 0.15) is 5.82 Å². The van der Waals surface area contributed by atoms with Crippen molar-refractivity contribution in [3.63, 3.8) is 0 Å². The molecule has 1 aromatic heterocycles. The molecule has 2 aromatic rings. The second kappa shape index (κ2) is 6.31. The molecular formula is C12H13FN4O2S. The molecule has 0 atom stereocenters. The van der Waals surface area contributed by atoms with E-state index in [0.717, 1.165) is 17.0 Å². The number of hydrogen-bond donors (Lipinski definition) is 4. The molecule has 0 fully saturated rings. The van der Waals surface area contributed by atoms with Gasteiger partial charge in [0.15, 0.2) is 5.84 Å². The van der Waals surface area contributed by atoms with Crippen LogP contribution in [0.15, 0.2) is 33.5 Å². The summed E-state index contributed by atoms with van der Waals surface area (Å²) in [5.41, 5.74) is 6.91. The lowest BCUT2D eigenvalue weighted by Gasteiger charge is -2.06. The topological polar surface area (TPSA) is 104 Å². The number of nitrogens with one attached hydrogen (secondary N) is 2. The van der Waals surface area contributed by atoms with E-state index in [4.69, 9.17) is 10.9 Å². The highest BCUT2D eigenvalue weighted by Gasteiger charge is 2.06. The summed E-state index contributed by atoms with van der Waals surface area (Å²) in [5, 5.41) is 16.1. The zero-order valence-corrected chi connectivity index (χ0v) is 11.2. The molecule has 0 spiro atoms. The quantitative estimate of drug-likeness (QED) is 0.285. The van der Waals surface area contributed by atoms with Crippen LogP contribution in [0.25, 0.3) is 0 Å². The Hall–Kier alpha value is -2.19. The van der Waals surface area contributed by atoms with Gasteiger partial charge >= 0.3 is 4.87 Å². The third-order valence-electron chi connectivity index (χ3n) is 2.66. The minimum Gasteiger partial charge on any atom is -0.409 e. The molecule has 0 aliphatic rings. The highest BCUT2D eigenvalue weighted by atomic mass is 32.1. The Morgan fingerprint density at radius 1 is 1.50 bits per heavy atom. The fourth-order valence-electron chi connectivity index (χ4n) is 1.64. The van der Waals surface area contributed by atoms with Crippen LogP contribution < -0.4 is 15.9 Å². The van der Waals surface area contributed by atoms with E-state index in [1.807, 2.05) is 0 Å². The Morgan fingerprint density at radius 3 is 2.90 bits per heavy atom. The van der Waals surface area contributed by atoms with Crippen LogP contribution in [0.1, 0.15) is 16.8 Å². The third-order valence-corrected chi connectivity index (χ3v) is 3.38. The summed E-state index contributed by atoms with van der Waals surface area (Å²) >= 11 is 1.09. The van der Waals surface area contributed by atoms with E-state index in [0.29, 0.717) is 24.2 Å². The van der Waals surface area contributed by atoms with Crippen LogP contribution in [0.3, 0.4) is 0 Å². The molecule has 106 valence electrons. The summed E-state index contributed by atoms with van der Waals surface area (Å²) in [7, 11) is 0. The van der Waals surface area contributed by atoms with Gasteiger partial charge in [0.05, 0.1) is 0 Å². The highest BCUT2D eigenvalue weighted by molar-refractivity contribution is 7.07. The second-order valence-electron chi connectivity index (χ2n) is 4.07. The van der Waals surface area contributed by atoms with Gasteiger partial charge in [-0.3, -0.25) is 4.79 Å². The number of halogens is 1. The van der Waals surface area contributed by atoms with Gasteiger partial charge in [-0.25, -0.2) is 4.39 Å². The zero-order chi connectivity index (χ0) is 14.5. The molecule has 8 heteroatoms. The fourth-order valence-corrected chi connectivity index (χ4v) is 2.22. The van der Waals surface area contributed by atoms with Crippen LogP contribution in [0.5, 0.6) is 0 Å². The summed E-state index contributed by atoms with van der Waals surface area (Å²) in [5.74, 6) is -0.584. The van der Waals surface area contributed by atoms with Gasteiger partial charge in [-0.1, -0.05) is 28.6 Å². The molecule has 0 bridgehead atoms. The maximum Gasteiger partial charge on any atom is 0.304 e. The largest absolute Gasteiger partial charge is 0.409 e. The SMILES string of the molecule is N/C(=N/O)c1ccc(CNCc2csc(=O)[nH]2)c(F)c1. The third kappa shape index (κ3) is 3.43. The van der Waals surface area contributed by atoms with Crippen LogP contribution in [0.4, 0.5) is 4.39 Å². The van der Waals surface area contributed by atoms with Crippen molar-refractivity contribution in [1.29, 1.82) is 0 Å². The molecule has 0 unspecified atom stereocenters. The van der Waals surface area contributed by atoms with E-state index >= 15 is 0 Å². The zero-order valence-electron chi connectivity index (χ0n) is 10.4. The Kier molecular flexibility index (Phi) is 4.49. The average Bonchev–Trinajstić information content (AvgIpc) is 2.85. The van der Waals surface area contributed by atoms with Gasteiger partial charge in [0.2, 0.25) is 0 Å². The maximum absolute atomic E-state index is 13.8. The number of H-pyrrole nitrogens is 1. The summed E-state index contributed by atoms with van der Waals surface area (Å²) in [6, 6.07) is 4.34. The average molecular weight is 296 g/mol. The molecule has 2 rings (SSSR count). The summed E-state index contributed by atoms with van der Waals surface area (Å²) in [6.45, 7) is 0.750. The van der Waals surface area contributed by atoms with Gasteiger partial charge in [-0.2, -0.15) is 0 Å². The van der Waals surface area contributed by atoms with Crippen molar-refractivity contribution >= 4 is 17.2 Å². The lowest BCUT2D eigenvalue weighted by Crippen LogP contribution is -2.16. The first-order valence-electron chi connectivity index (χ1n) is 5.74. The van der Waals surface area contributed by atoms with E-state index in [2.05, 4.69) is 15.5 Å². The van der Waals surface area contributed by atoms with Crippen molar-refractivity contribution in [2.45, 2.75) is 13.1 Å². The Bertz CT molecular complexity index is 680. The molecule has 0 aliphatic heterocycles. The smallest absolute Gasteiger partial charge is 0.304 e. The second-order valence-corrected chi connectivity index (χ2v) is 4.91. The number of nitrogens with two attached hydrogens (primary N) is 1. The normalized spacial score (nSPS) is 11.8. The molecule has 1 heterocycles. The van der Waals surface area contributed by atoms with Crippen molar-refractivity contribution < 1.29 is 9.60 Å². The molecule has 20 heavy (non-hydrogen) atoms. The number of nitrogens with zero attached hydrogens (tertiary/aromatic N) is 1. The molecular weight excluding hydrogens is 283 g/mol. The number of hydrogen-bond acceptors (Lipinski definition) is 5. The molecule has 6 nitrogen and oxygen atoms in total. The molecule has 0 saturated heterocycles. The Morgan fingerprint density at radius 2 is 2.30 bits per heavy atom. The van der Waals surface area contributed by atoms with Crippen molar-refractivity contribution in [3.05, 3.63) is 55.9 Å². The van der Waals surface area contributed by atoms with Gasteiger partial charge in [0, 0.05) is 35.3 Å². The maximum atomic E-state index is 13.8. The van der Waals surface area contributed by atoms with Crippen molar-refractivity contribution in [3.8, 4) is 0 Å². The lowest BCUT2D eigenvalue weighted by molar-refractivity contribution is 0.318. The molecule has 0 amide bonds. The highest BCUT2D eigenvalue weighted by Crippen LogP contribution is 2.10. The van der Waals surface area contributed by atoms with Gasteiger partial charge < -0.3 is 21.2 Å². The molecule has 1 aromatic carbocycles. The molecule has 0 saturated carbocycles. The molecule has 5 N–H and O–H groups in total. The molecule has 0 radical (unpaired) electrons. The monoisotopic (exact) mass is 296 g/mol. The van der Waals surface area contributed by atoms with E-state index < -0.39 is 5.82 Å². The minimum atomic E-state index is -0.444. The van der Waals surface area contributed by atoms with Crippen LogP contribution in [0, 0.1) is 5.82 Å². The standard InChI is InChI=1S/C12H13FN4O2S/c13-10-3-7(11(14)17-19)1-2-8(10)4-15-5-9-6-20-12(18)16-9/h1-3,6,15,19H,4-5H2,(H2,14,17)(H,16,18). The number of rotatable bonds is 5. The van der Waals surface area contributed by atoms with E-state index in [1.54, 1.807) is 17.5 Å². The number of aromatic nitrogens is 1. The van der Waals surface area contributed by atoms with E-state index in [1.165, 1.54) is 6.07 Å². The lowest BCUT2D eigenvalue weighted by atomic mass is 10.1.